The van der Waals surface area contributed by atoms with Crippen LogP contribution in [0.5, 0.6) is 0 Å². The van der Waals surface area contributed by atoms with Crippen molar-refractivity contribution in [3.8, 4) is 0 Å². The van der Waals surface area contributed by atoms with Gasteiger partial charge in [0.1, 0.15) is 0 Å². The second-order valence-corrected chi connectivity index (χ2v) is 12.6. The highest BCUT2D eigenvalue weighted by molar-refractivity contribution is 5.86. The van der Waals surface area contributed by atoms with Gasteiger partial charge in [0.2, 0.25) is 5.91 Å². The zero-order valence-corrected chi connectivity index (χ0v) is 25.9. The molecule has 2 fully saturated rings. The Morgan fingerprint density at radius 3 is 2.21 bits per heavy atom. The highest BCUT2D eigenvalue weighted by Gasteiger charge is 2.56. The van der Waals surface area contributed by atoms with Crippen molar-refractivity contribution >= 4 is 11.9 Å². The monoisotopic (exact) mass is 603 g/mol. The molecule has 2 aromatic carbocycles. The molecular weight excluding hydrogens is 559 g/mol. The molecule has 2 N–H and O–H groups in total. The number of urea groups is 1. The number of amides is 3. The molecule has 3 amide bonds. The Hall–Kier alpha value is -3.11. The molecule has 2 heterocycles. The van der Waals surface area contributed by atoms with Crippen LogP contribution in [0.25, 0.3) is 0 Å². The van der Waals surface area contributed by atoms with Gasteiger partial charge in [0.25, 0.3) is 0 Å². The molecule has 7 nitrogen and oxygen atoms in total. The third-order valence-electron chi connectivity index (χ3n) is 9.50. The molecule has 0 aromatic heterocycles. The number of aliphatic hydroxyl groups excluding tert-OH is 2. The number of aliphatic hydroxyl groups is 2. The van der Waals surface area contributed by atoms with E-state index in [2.05, 4.69) is 0 Å². The van der Waals surface area contributed by atoms with Gasteiger partial charge < -0.3 is 24.9 Å². The largest absolute Gasteiger partial charge is 0.416 e. The Morgan fingerprint density at radius 2 is 1.65 bits per heavy atom. The second kappa shape index (κ2) is 12.5. The number of fused-ring (bicyclic) bond motifs is 1. The van der Waals surface area contributed by atoms with Crippen LogP contribution < -0.4 is 0 Å². The Bertz CT molecular complexity index is 1340. The zero-order valence-electron chi connectivity index (χ0n) is 25.9. The van der Waals surface area contributed by atoms with Crippen molar-refractivity contribution in [2.24, 2.45) is 5.41 Å². The third kappa shape index (κ3) is 6.27. The van der Waals surface area contributed by atoms with Crippen LogP contribution in [-0.4, -0.2) is 76.2 Å². The number of carbonyl (C=O) groups is 2. The summed E-state index contributed by atoms with van der Waals surface area (Å²) in [5.41, 5.74) is 2.21. The van der Waals surface area contributed by atoms with Crippen LogP contribution in [0.4, 0.5) is 18.0 Å². The summed E-state index contributed by atoms with van der Waals surface area (Å²) in [4.78, 5) is 33.1. The summed E-state index contributed by atoms with van der Waals surface area (Å²) in [5, 5.41) is 19.7. The molecule has 2 aliphatic heterocycles. The fraction of sp³-hybridized carbons (Fsp3) is 0.576. The molecule has 10 heteroatoms. The van der Waals surface area contributed by atoms with Crippen molar-refractivity contribution in [2.45, 2.75) is 84.1 Å². The summed E-state index contributed by atoms with van der Waals surface area (Å²) in [7, 11) is 1.61. The maximum Gasteiger partial charge on any atom is 0.416 e. The molecule has 43 heavy (non-hydrogen) atoms. The Morgan fingerprint density at radius 1 is 1.02 bits per heavy atom. The number of nitrogens with zero attached hydrogens (tertiary/aromatic N) is 3. The summed E-state index contributed by atoms with van der Waals surface area (Å²) in [6.07, 6.45) is -3.70. The number of benzene rings is 2. The van der Waals surface area contributed by atoms with E-state index in [1.165, 1.54) is 11.0 Å². The predicted molar refractivity (Wildman–Crippen MR) is 158 cm³/mol. The lowest BCUT2D eigenvalue weighted by molar-refractivity contribution is -0.140. The van der Waals surface area contributed by atoms with Crippen LogP contribution >= 0.6 is 0 Å². The van der Waals surface area contributed by atoms with E-state index in [1.54, 1.807) is 29.8 Å². The molecule has 0 spiro atoms. The zero-order chi connectivity index (χ0) is 31.9. The number of hydrogen-bond acceptors (Lipinski definition) is 4. The van der Waals surface area contributed by atoms with E-state index in [4.69, 9.17) is 0 Å². The topological polar surface area (TPSA) is 84.3 Å². The minimum atomic E-state index is -4.52. The highest BCUT2D eigenvalue weighted by Crippen LogP contribution is 2.49. The van der Waals surface area contributed by atoms with E-state index in [0.29, 0.717) is 24.1 Å². The smallest absolute Gasteiger partial charge is 0.396 e. The summed E-state index contributed by atoms with van der Waals surface area (Å²) in [5.74, 6) is -0.247. The molecule has 3 unspecified atom stereocenters. The highest BCUT2D eigenvalue weighted by atomic mass is 19.4. The Balaban J connectivity index is 1.74. The minimum Gasteiger partial charge on any atom is -0.396 e. The fourth-order valence-electron chi connectivity index (χ4n) is 6.89. The van der Waals surface area contributed by atoms with Gasteiger partial charge in [-0.15, -0.1) is 0 Å². The van der Waals surface area contributed by atoms with Gasteiger partial charge in [-0.3, -0.25) is 4.79 Å². The van der Waals surface area contributed by atoms with Crippen LogP contribution in [0.3, 0.4) is 0 Å². The van der Waals surface area contributed by atoms with Gasteiger partial charge in [-0.05, 0) is 80.3 Å². The number of piperazine rings is 1. The van der Waals surface area contributed by atoms with Gasteiger partial charge in [0, 0.05) is 33.4 Å². The van der Waals surface area contributed by atoms with Crippen LogP contribution in [0.2, 0.25) is 0 Å². The number of hydrogen-bond donors (Lipinski definition) is 2. The number of carbonyl (C=O) groups excluding carboxylic acids is 2. The summed E-state index contributed by atoms with van der Waals surface area (Å²) in [6, 6.07) is 8.13. The molecule has 3 atom stereocenters. The number of halogens is 3. The molecule has 4 rings (SSSR count). The molecule has 0 radical (unpaired) electrons. The maximum atomic E-state index is 14.3. The van der Waals surface area contributed by atoms with E-state index in [-0.39, 0.29) is 56.5 Å². The molecule has 0 bridgehead atoms. The van der Waals surface area contributed by atoms with E-state index in [9.17, 15) is 33.0 Å². The molecular formula is C33H44F3N3O4. The first kappa shape index (κ1) is 32.8. The minimum absolute atomic E-state index is 0.116. The van der Waals surface area contributed by atoms with Crippen LogP contribution in [0.15, 0.2) is 36.4 Å². The molecule has 2 aliphatic rings. The quantitative estimate of drug-likeness (QED) is 0.390. The summed E-state index contributed by atoms with van der Waals surface area (Å²) < 4.78 is 41.4. The van der Waals surface area contributed by atoms with Crippen molar-refractivity contribution < 1.29 is 33.0 Å². The summed E-state index contributed by atoms with van der Waals surface area (Å²) in [6.45, 7) is 9.49. The second-order valence-electron chi connectivity index (χ2n) is 12.6. The molecule has 236 valence electrons. The standard InChI is InChI=1S/C33H44F3N3O4/c1-20(2)24-16-25(18-26(17-24)33(34,35)36)23(5)37(6)31(43)39-12-11-38-28(19-32(9-13-40,10-14-41)30(38)42)29(39)27-8-7-21(3)15-22(27)4/h7-8,15-18,20,23,28-29,40-41H,9-14,19H2,1-6H3. The van der Waals surface area contributed by atoms with Crippen molar-refractivity contribution in [1.29, 1.82) is 0 Å². The van der Waals surface area contributed by atoms with Crippen LogP contribution in [-0.2, 0) is 11.0 Å². The van der Waals surface area contributed by atoms with Gasteiger partial charge in [-0.25, -0.2) is 4.79 Å². The van der Waals surface area contributed by atoms with Crippen molar-refractivity contribution in [2.75, 3.05) is 33.4 Å². The normalized spacial score (nSPS) is 20.9. The van der Waals surface area contributed by atoms with Gasteiger partial charge in [-0.2, -0.15) is 13.2 Å². The van der Waals surface area contributed by atoms with Crippen LogP contribution in [0, 0.1) is 19.3 Å². The van der Waals surface area contributed by atoms with Crippen LogP contribution in [0.1, 0.15) is 91.4 Å². The fourth-order valence-corrected chi connectivity index (χ4v) is 6.89. The van der Waals surface area contributed by atoms with E-state index in [0.717, 1.165) is 22.8 Å². The van der Waals surface area contributed by atoms with Gasteiger partial charge in [-0.1, -0.05) is 43.7 Å². The van der Waals surface area contributed by atoms with E-state index >= 15 is 0 Å². The summed E-state index contributed by atoms with van der Waals surface area (Å²) >= 11 is 0. The Labute approximate surface area is 252 Å². The van der Waals surface area contributed by atoms with Crippen molar-refractivity contribution in [1.82, 2.24) is 14.7 Å². The number of alkyl halides is 3. The Kier molecular flexibility index (Phi) is 9.52. The lowest BCUT2D eigenvalue weighted by Crippen LogP contribution is -2.57. The number of rotatable bonds is 8. The first-order valence-electron chi connectivity index (χ1n) is 15.0. The van der Waals surface area contributed by atoms with Gasteiger partial charge >= 0.3 is 12.2 Å². The molecule has 2 aromatic rings. The molecule has 0 saturated carbocycles. The van der Waals surface area contributed by atoms with Crippen molar-refractivity contribution in [3.63, 3.8) is 0 Å². The van der Waals surface area contributed by atoms with E-state index in [1.807, 2.05) is 45.9 Å². The average molecular weight is 604 g/mol. The third-order valence-corrected chi connectivity index (χ3v) is 9.50. The van der Waals surface area contributed by atoms with Crippen molar-refractivity contribution in [3.05, 3.63) is 69.8 Å². The van der Waals surface area contributed by atoms with Gasteiger partial charge in [0.15, 0.2) is 0 Å². The lowest BCUT2D eigenvalue weighted by atomic mass is 9.77. The molecule has 2 saturated heterocycles. The predicted octanol–water partition coefficient (Wildman–Crippen LogP) is 5.97. The van der Waals surface area contributed by atoms with E-state index < -0.39 is 29.2 Å². The lowest BCUT2D eigenvalue weighted by Gasteiger charge is -2.47. The van der Waals surface area contributed by atoms with Gasteiger partial charge in [0.05, 0.1) is 29.1 Å². The first-order valence-corrected chi connectivity index (χ1v) is 15.0. The average Bonchev–Trinajstić information content (AvgIpc) is 3.22. The SMILES string of the molecule is Cc1ccc(C2C3CC(CCO)(CCO)C(=O)N3CCN2C(=O)N(C)C(C)c2cc(C(C)C)cc(C(F)(F)F)c2)c(C)c1. The maximum absolute atomic E-state index is 14.3. The molecule has 0 aliphatic carbocycles. The first-order chi connectivity index (χ1) is 20.1. The number of aryl methyl sites for hydroxylation is 2.